The lowest BCUT2D eigenvalue weighted by atomic mass is 9.50. The van der Waals surface area contributed by atoms with Crippen LogP contribution in [0, 0.1) is 24.6 Å². The summed E-state index contributed by atoms with van der Waals surface area (Å²) in [5.74, 6) is 0.0876. The predicted molar refractivity (Wildman–Crippen MR) is 108 cm³/mol. The lowest BCUT2D eigenvalue weighted by Crippen LogP contribution is -2.70. The molecule has 2 aromatic rings. The smallest absolute Gasteiger partial charge is 0.390 e. The summed E-state index contributed by atoms with van der Waals surface area (Å²) in [5, 5.41) is 6.22. The van der Waals surface area contributed by atoms with Crippen molar-refractivity contribution in [1.82, 2.24) is 25.6 Å². The van der Waals surface area contributed by atoms with Crippen LogP contribution >= 0.6 is 0 Å². The predicted octanol–water partition coefficient (Wildman–Crippen LogP) is 2.93. The molecule has 9 heteroatoms. The summed E-state index contributed by atoms with van der Waals surface area (Å²) in [7, 11) is 0. The van der Waals surface area contributed by atoms with Crippen LogP contribution in [0.5, 0.6) is 5.88 Å². The highest BCUT2D eigenvalue weighted by atomic mass is 19.1. The summed E-state index contributed by atoms with van der Waals surface area (Å²) in [6.07, 6.45) is 8.84. The number of nitrogens with zero attached hydrogens (tertiary/aromatic N) is 3. The van der Waals surface area contributed by atoms with Crippen molar-refractivity contribution in [2.24, 2.45) is 11.8 Å². The highest BCUT2D eigenvalue weighted by molar-refractivity contribution is 5.92. The van der Waals surface area contributed by atoms with E-state index in [1.165, 1.54) is 18.5 Å². The van der Waals surface area contributed by atoms with E-state index < -0.39 is 23.0 Å². The zero-order valence-electron chi connectivity index (χ0n) is 17.2. The second kappa shape index (κ2) is 7.25. The fraction of sp³-hybridized carbons (Fsp3) is 0.500. The Hall–Kier alpha value is -3.10. The monoisotopic (exact) mass is 425 g/mol. The quantitative estimate of drug-likeness (QED) is 0.780. The Morgan fingerprint density at radius 1 is 1.13 bits per heavy atom. The standard InChI is InChI=1S/C22H24FN5O3/c1-13-10-24-11-18(26-13)31-20(30)28-22-8-14-4-15(9-22)7-21(6-14,12-22)27-19(29)17-5-16(23)2-3-25-17/h2-3,5,10-11,14-15H,4,6-9,12H2,1H3,(H,27,29)(H,28,30). The van der Waals surface area contributed by atoms with Crippen LogP contribution in [0.15, 0.2) is 30.7 Å². The third kappa shape index (κ3) is 3.96. The number of hydrogen-bond donors (Lipinski definition) is 2. The van der Waals surface area contributed by atoms with Gasteiger partial charge in [-0.15, -0.1) is 0 Å². The minimum atomic E-state index is -0.560. The topological polar surface area (TPSA) is 106 Å². The molecule has 0 spiro atoms. The summed E-state index contributed by atoms with van der Waals surface area (Å²) < 4.78 is 18.9. The number of halogens is 1. The van der Waals surface area contributed by atoms with Gasteiger partial charge < -0.3 is 15.4 Å². The van der Waals surface area contributed by atoms with Gasteiger partial charge in [-0.05, 0) is 63.4 Å². The molecular weight excluding hydrogens is 401 g/mol. The summed E-state index contributed by atoms with van der Waals surface area (Å²) in [5.41, 5.74) is -0.157. The van der Waals surface area contributed by atoms with Crippen molar-refractivity contribution >= 4 is 12.0 Å². The van der Waals surface area contributed by atoms with Crippen LogP contribution in [0.2, 0.25) is 0 Å². The van der Waals surface area contributed by atoms with Gasteiger partial charge in [-0.1, -0.05) is 0 Å². The van der Waals surface area contributed by atoms with Gasteiger partial charge in [0.1, 0.15) is 11.5 Å². The van der Waals surface area contributed by atoms with Crippen LogP contribution in [0.1, 0.15) is 54.7 Å². The molecule has 31 heavy (non-hydrogen) atoms. The van der Waals surface area contributed by atoms with E-state index in [1.807, 2.05) is 0 Å². The zero-order chi connectivity index (χ0) is 21.6. The first kappa shape index (κ1) is 19.8. The molecule has 4 aliphatic carbocycles. The Morgan fingerprint density at radius 2 is 1.84 bits per heavy atom. The largest absolute Gasteiger partial charge is 0.414 e. The highest BCUT2D eigenvalue weighted by Crippen LogP contribution is 2.57. The highest BCUT2D eigenvalue weighted by Gasteiger charge is 2.59. The molecule has 4 fully saturated rings. The fourth-order valence-electron chi connectivity index (χ4n) is 6.22. The maximum absolute atomic E-state index is 13.5. The molecule has 0 aliphatic heterocycles. The molecule has 4 aliphatic rings. The van der Waals surface area contributed by atoms with E-state index in [-0.39, 0.29) is 17.5 Å². The molecule has 2 aromatic heterocycles. The van der Waals surface area contributed by atoms with Crippen molar-refractivity contribution in [1.29, 1.82) is 0 Å². The maximum atomic E-state index is 13.5. The summed E-state index contributed by atoms with van der Waals surface area (Å²) >= 11 is 0. The van der Waals surface area contributed by atoms with Gasteiger partial charge in [0.25, 0.3) is 5.91 Å². The summed E-state index contributed by atoms with van der Waals surface area (Å²) in [4.78, 5) is 37.6. The molecule has 162 valence electrons. The summed E-state index contributed by atoms with van der Waals surface area (Å²) in [6.45, 7) is 1.77. The number of aromatic nitrogens is 3. The van der Waals surface area contributed by atoms with Crippen molar-refractivity contribution in [3.8, 4) is 5.88 Å². The van der Waals surface area contributed by atoms with Gasteiger partial charge in [-0.25, -0.2) is 14.2 Å². The molecule has 2 N–H and O–H groups in total. The molecule has 8 nitrogen and oxygen atoms in total. The lowest BCUT2D eigenvalue weighted by Gasteiger charge is -2.61. The normalized spacial score (nSPS) is 30.6. The molecule has 2 heterocycles. The third-order valence-corrected chi connectivity index (χ3v) is 6.69. The molecule has 0 saturated heterocycles. The number of pyridine rings is 1. The van der Waals surface area contributed by atoms with Gasteiger partial charge >= 0.3 is 6.09 Å². The van der Waals surface area contributed by atoms with E-state index in [0.717, 1.165) is 38.2 Å². The first-order valence-corrected chi connectivity index (χ1v) is 10.5. The maximum Gasteiger partial charge on any atom is 0.414 e. The molecule has 6 rings (SSSR count). The molecule has 2 atom stereocenters. The third-order valence-electron chi connectivity index (χ3n) is 6.69. The number of rotatable bonds is 4. The Balaban J connectivity index is 1.32. The fourth-order valence-corrected chi connectivity index (χ4v) is 6.22. The van der Waals surface area contributed by atoms with Crippen LogP contribution < -0.4 is 15.4 Å². The number of aryl methyl sites for hydroxylation is 1. The van der Waals surface area contributed by atoms with Crippen LogP contribution in [0.25, 0.3) is 0 Å². The number of carbonyl (C=O) groups is 2. The van der Waals surface area contributed by atoms with Crippen molar-refractivity contribution in [2.75, 3.05) is 0 Å². The average Bonchev–Trinajstić information content (AvgIpc) is 2.66. The van der Waals surface area contributed by atoms with Crippen molar-refractivity contribution < 1.29 is 18.7 Å². The molecule has 0 radical (unpaired) electrons. The van der Waals surface area contributed by atoms with E-state index in [9.17, 15) is 14.0 Å². The van der Waals surface area contributed by atoms with E-state index in [1.54, 1.807) is 13.1 Å². The first-order valence-electron chi connectivity index (χ1n) is 10.5. The minimum Gasteiger partial charge on any atom is -0.390 e. The van der Waals surface area contributed by atoms with Crippen molar-refractivity contribution in [3.05, 3.63) is 47.9 Å². The zero-order valence-corrected chi connectivity index (χ0v) is 17.2. The second-order valence-electron chi connectivity index (χ2n) is 9.35. The van der Waals surface area contributed by atoms with Gasteiger partial charge in [0.15, 0.2) is 0 Å². The number of carbonyl (C=O) groups excluding carboxylic acids is 2. The van der Waals surface area contributed by atoms with Crippen molar-refractivity contribution in [2.45, 2.75) is 56.5 Å². The Bertz CT molecular complexity index is 1030. The van der Waals surface area contributed by atoms with Crippen molar-refractivity contribution in [3.63, 3.8) is 0 Å². The first-order chi connectivity index (χ1) is 14.8. The average molecular weight is 425 g/mol. The SMILES string of the molecule is Cc1cncc(OC(=O)NC23CC4CC(C2)CC(NC(=O)c2cc(F)ccn2)(C4)C3)n1. The Labute approximate surface area is 179 Å². The van der Waals surface area contributed by atoms with E-state index in [4.69, 9.17) is 4.74 Å². The van der Waals surface area contributed by atoms with Gasteiger partial charge in [-0.2, -0.15) is 0 Å². The van der Waals surface area contributed by atoms with E-state index in [2.05, 4.69) is 25.6 Å². The molecule has 0 aromatic carbocycles. The minimum absolute atomic E-state index is 0.0650. The van der Waals surface area contributed by atoms with Gasteiger partial charge in [0.2, 0.25) is 5.88 Å². The number of amides is 2. The van der Waals surface area contributed by atoms with Crippen LogP contribution in [-0.2, 0) is 0 Å². The van der Waals surface area contributed by atoms with Crippen LogP contribution in [0.4, 0.5) is 9.18 Å². The molecule has 4 bridgehead atoms. The van der Waals surface area contributed by atoms with E-state index >= 15 is 0 Å². The second-order valence-corrected chi connectivity index (χ2v) is 9.35. The Morgan fingerprint density at radius 3 is 2.52 bits per heavy atom. The molecular formula is C22H24FN5O3. The number of hydrogen-bond acceptors (Lipinski definition) is 6. The van der Waals surface area contributed by atoms with Gasteiger partial charge in [-0.3, -0.25) is 14.8 Å². The van der Waals surface area contributed by atoms with Gasteiger partial charge in [0, 0.05) is 29.5 Å². The van der Waals surface area contributed by atoms with Crippen LogP contribution in [-0.4, -0.2) is 38.0 Å². The van der Waals surface area contributed by atoms with E-state index in [0.29, 0.717) is 24.0 Å². The van der Waals surface area contributed by atoms with Gasteiger partial charge in [0.05, 0.1) is 11.9 Å². The summed E-state index contributed by atoms with van der Waals surface area (Å²) in [6, 6.07) is 2.36. The lowest BCUT2D eigenvalue weighted by molar-refractivity contribution is -0.0450. The number of ether oxygens (including phenoxy) is 1. The molecule has 2 unspecified atom stereocenters. The van der Waals surface area contributed by atoms with Crippen LogP contribution in [0.3, 0.4) is 0 Å². The Kier molecular flexibility index (Phi) is 4.64. The molecule has 2 amide bonds. The number of nitrogens with one attached hydrogen (secondary N) is 2. The molecule has 4 saturated carbocycles.